The lowest BCUT2D eigenvalue weighted by Crippen LogP contribution is -2.54. The van der Waals surface area contributed by atoms with Crippen molar-refractivity contribution in [2.24, 2.45) is 15.8 Å². The number of rotatable bonds is 0. The summed E-state index contributed by atoms with van der Waals surface area (Å²) in [5.41, 5.74) is -11.0. The minimum Gasteiger partial charge on any atom is -0.244 e. The van der Waals surface area contributed by atoms with E-state index in [2.05, 4.69) is 4.99 Å². The summed E-state index contributed by atoms with van der Waals surface area (Å²) in [6.07, 6.45) is 0.354. The van der Waals surface area contributed by atoms with Crippen LogP contribution in [0, 0.1) is 56.2 Å². The van der Waals surface area contributed by atoms with Crippen LogP contribution in [0.2, 0.25) is 0 Å². The Morgan fingerprint density at radius 1 is 0.917 bits per heavy atom. The SMILES string of the molecule is CC1(F)C=C2C(=NC1(C)F)C(C#N)(C#N)C(C#N)(C#N)C(F)=C2F. The third kappa shape index (κ3) is 1.62. The predicted molar refractivity (Wildman–Crippen MR) is 71.1 cm³/mol. The third-order valence-electron chi connectivity index (χ3n) is 4.23. The quantitative estimate of drug-likeness (QED) is 0.501. The van der Waals surface area contributed by atoms with Crippen molar-refractivity contribution in [1.29, 1.82) is 21.0 Å². The molecule has 9 heteroatoms. The average Bonchev–Trinajstić information content (AvgIpc) is 2.53. The molecule has 0 bridgehead atoms. The van der Waals surface area contributed by atoms with Crippen LogP contribution < -0.4 is 0 Å². The minimum absolute atomic E-state index is 0.354. The molecular formula is C15H7F4N5. The molecule has 2 aliphatic rings. The number of aliphatic imine (C=N–C) groups is 1. The Bertz CT molecular complexity index is 868. The summed E-state index contributed by atoms with van der Waals surface area (Å²) in [6.45, 7) is 1.38. The number of halogens is 4. The van der Waals surface area contributed by atoms with E-state index in [0.29, 0.717) is 19.9 Å². The van der Waals surface area contributed by atoms with E-state index in [9.17, 15) is 38.6 Å². The van der Waals surface area contributed by atoms with Gasteiger partial charge in [0.25, 0.3) is 0 Å². The molecule has 0 N–H and O–H groups in total. The first-order chi connectivity index (χ1) is 11.0. The molecule has 0 spiro atoms. The molecule has 0 radical (unpaired) electrons. The van der Waals surface area contributed by atoms with Crippen molar-refractivity contribution in [2.45, 2.75) is 25.3 Å². The van der Waals surface area contributed by atoms with Crippen LogP contribution in [-0.2, 0) is 0 Å². The maximum atomic E-state index is 14.5. The molecule has 1 aliphatic carbocycles. The number of nitriles is 4. The molecular weight excluding hydrogens is 326 g/mol. The van der Waals surface area contributed by atoms with Gasteiger partial charge in [0.2, 0.25) is 16.6 Å². The number of dihydropyridines is 1. The molecule has 1 aliphatic heterocycles. The fourth-order valence-corrected chi connectivity index (χ4v) is 2.52. The summed E-state index contributed by atoms with van der Waals surface area (Å²) in [5, 5.41) is 37.1. The van der Waals surface area contributed by atoms with Crippen molar-refractivity contribution < 1.29 is 17.6 Å². The number of allylic oxidation sites excluding steroid dienone is 3. The van der Waals surface area contributed by atoms with Crippen LogP contribution in [-0.4, -0.2) is 17.2 Å². The van der Waals surface area contributed by atoms with Gasteiger partial charge in [0.1, 0.15) is 0 Å². The molecule has 0 saturated carbocycles. The zero-order chi connectivity index (χ0) is 18.6. The van der Waals surface area contributed by atoms with Crippen LogP contribution >= 0.6 is 0 Å². The van der Waals surface area contributed by atoms with Crippen molar-refractivity contribution in [3.8, 4) is 24.3 Å². The van der Waals surface area contributed by atoms with Crippen LogP contribution in [0.15, 0.2) is 28.3 Å². The zero-order valence-electron chi connectivity index (χ0n) is 12.3. The van der Waals surface area contributed by atoms with Gasteiger partial charge in [-0.25, -0.2) is 22.6 Å². The molecule has 0 saturated heterocycles. The summed E-state index contributed by atoms with van der Waals surface area (Å²) < 4.78 is 57.6. The Labute approximate surface area is 134 Å². The smallest absolute Gasteiger partial charge is 0.234 e. The molecule has 1 heterocycles. The highest BCUT2D eigenvalue weighted by Crippen LogP contribution is 2.56. The number of nitrogens with zero attached hydrogens (tertiary/aromatic N) is 5. The second-order valence-corrected chi connectivity index (χ2v) is 5.62. The molecule has 0 aromatic rings. The van der Waals surface area contributed by atoms with Gasteiger partial charge in [0.05, 0.1) is 30.0 Å². The highest BCUT2D eigenvalue weighted by atomic mass is 19.2. The van der Waals surface area contributed by atoms with Gasteiger partial charge in [-0.1, -0.05) is 0 Å². The van der Waals surface area contributed by atoms with Crippen molar-refractivity contribution in [2.75, 3.05) is 0 Å². The lowest BCUT2D eigenvalue weighted by Gasteiger charge is -2.41. The predicted octanol–water partition coefficient (Wildman–Crippen LogP) is 3.01. The summed E-state index contributed by atoms with van der Waals surface area (Å²) in [6, 6.07) is 4.77. The lowest BCUT2D eigenvalue weighted by molar-refractivity contribution is 0.0256. The van der Waals surface area contributed by atoms with Gasteiger partial charge in [-0.3, -0.25) is 0 Å². The zero-order valence-corrected chi connectivity index (χ0v) is 12.3. The third-order valence-corrected chi connectivity index (χ3v) is 4.23. The maximum Gasteiger partial charge on any atom is 0.234 e. The van der Waals surface area contributed by atoms with E-state index < -0.39 is 45.2 Å². The molecule has 5 nitrogen and oxygen atoms in total. The van der Waals surface area contributed by atoms with E-state index in [-0.39, 0.29) is 0 Å². The molecule has 2 unspecified atom stereocenters. The summed E-state index contributed by atoms with van der Waals surface area (Å²) in [7, 11) is 0. The topological polar surface area (TPSA) is 108 Å². The molecule has 2 atom stereocenters. The molecule has 120 valence electrons. The van der Waals surface area contributed by atoms with Gasteiger partial charge in [0.15, 0.2) is 17.3 Å². The molecule has 2 rings (SSSR count). The highest BCUT2D eigenvalue weighted by Gasteiger charge is 2.68. The normalized spacial score (nSPS) is 32.9. The van der Waals surface area contributed by atoms with Crippen LogP contribution in [0.5, 0.6) is 0 Å². The van der Waals surface area contributed by atoms with Crippen molar-refractivity contribution in [3.05, 3.63) is 23.3 Å². The molecule has 0 fully saturated rings. The van der Waals surface area contributed by atoms with Crippen LogP contribution in [0.1, 0.15) is 13.8 Å². The van der Waals surface area contributed by atoms with Gasteiger partial charge >= 0.3 is 0 Å². The van der Waals surface area contributed by atoms with Gasteiger partial charge in [0, 0.05) is 5.57 Å². The summed E-state index contributed by atoms with van der Waals surface area (Å²) in [4.78, 5) is 3.28. The Hall–Kier alpha value is -3.17. The molecule has 0 aromatic carbocycles. The summed E-state index contributed by atoms with van der Waals surface area (Å²) >= 11 is 0. The monoisotopic (exact) mass is 333 g/mol. The van der Waals surface area contributed by atoms with Gasteiger partial charge < -0.3 is 0 Å². The average molecular weight is 333 g/mol. The summed E-state index contributed by atoms with van der Waals surface area (Å²) in [5.74, 6) is -6.88. The first-order valence-electron chi connectivity index (χ1n) is 6.42. The van der Waals surface area contributed by atoms with Crippen LogP contribution in [0.4, 0.5) is 17.6 Å². The Balaban J connectivity index is 3.09. The highest BCUT2D eigenvalue weighted by molar-refractivity contribution is 6.14. The standard InChI is InChI=1S/C15H7F4N5/c1-12(18)3-8-9(16)10(17)14(4-20,5-21)15(6-22,7-23)11(8)24-13(12,2)19/h3H,1-2H3. The minimum atomic E-state index is -3.20. The first kappa shape index (κ1) is 17.2. The number of alkyl halides is 2. The maximum absolute atomic E-state index is 14.5. The molecule has 24 heavy (non-hydrogen) atoms. The van der Waals surface area contributed by atoms with Crippen molar-refractivity contribution >= 4 is 5.71 Å². The van der Waals surface area contributed by atoms with E-state index in [0.717, 1.165) is 12.1 Å². The second-order valence-electron chi connectivity index (χ2n) is 5.62. The van der Waals surface area contributed by atoms with Gasteiger partial charge in [-0.05, 0) is 19.9 Å². The van der Waals surface area contributed by atoms with E-state index in [4.69, 9.17) is 0 Å². The first-order valence-corrected chi connectivity index (χ1v) is 6.42. The second kappa shape index (κ2) is 4.66. The van der Waals surface area contributed by atoms with Crippen molar-refractivity contribution in [1.82, 2.24) is 0 Å². The fraction of sp³-hybridized carbons (Fsp3) is 0.400. The van der Waals surface area contributed by atoms with Crippen LogP contribution in [0.3, 0.4) is 0 Å². The van der Waals surface area contributed by atoms with Crippen molar-refractivity contribution in [3.63, 3.8) is 0 Å². The number of hydrogen-bond donors (Lipinski definition) is 0. The van der Waals surface area contributed by atoms with Gasteiger partial charge in [-0.2, -0.15) is 21.0 Å². The number of hydrogen-bond acceptors (Lipinski definition) is 5. The van der Waals surface area contributed by atoms with E-state index in [1.165, 1.54) is 12.1 Å². The van der Waals surface area contributed by atoms with E-state index in [1.807, 2.05) is 0 Å². The van der Waals surface area contributed by atoms with Gasteiger partial charge in [-0.15, -0.1) is 0 Å². The Morgan fingerprint density at radius 3 is 1.79 bits per heavy atom. The largest absolute Gasteiger partial charge is 0.244 e. The van der Waals surface area contributed by atoms with E-state index >= 15 is 0 Å². The molecule has 0 amide bonds. The fourth-order valence-electron chi connectivity index (χ4n) is 2.52. The van der Waals surface area contributed by atoms with E-state index in [1.54, 1.807) is 0 Å². The number of fused-ring (bicyclic) bond motifs is 1. The lowest BCUT2D eigenvalue weighted by atomic mass is 9.57. The van der Waals surface area contributed by atoms with Crippen LogP contribution in [0.25, 0.3) is 0 Å². The Kier molecular flexibility index (Phi) is 3.34. The Morgan fingerprint density at radius 2 is 1.38 bits per heavy atom. The molecule has 0 aromatic heterocycles.